The number of nitrogens with one attached hydrogen (secondary N) is 2. The van der Waals surface area contributed by atoms with Gasteiger partial charge in [0, 0.05) is 35.8 Å². The Hall–Kier alpha value is -2.37. The molecule has 2 aromatic rings. The third-order valence-corrected chi connectivity index (χ3v) is 3.77. The Morgan fingerprint density at radius 1 is 1.04 bits per heavy atom. The third-order valence-electron chi connectivity index (χ3n) is 3.52. The monoisotopic (exact) mass is 359 g/mol. The standard InChI is InChI=1S/C19H22ClN3O2/c1-23(2)13-15-5-3-4-6-17(15)22-18(24)11-12-21-19(25)14-7-9-16(20)10-8-14/h3-10H,11-13H2,1-2H3,(H,21,25)(H,22,24). The zero-order valence-corrected chi connectivity index (χ0v) is 15.1. The summed E-state index contributed by atoms with van der Waals surface area (Å²) in [5.74, 6) is -0.361. The summed E-state index contributed by atoms with van der Waals surface area (Å²) in [6.45, 7) is 1.01. The van der Waals surface area contributed by atoms with E-state index in [1.807, 2.05) is 43.3 Å². The maximum absolute atomic E-state index is 12.1. The van der Waals surface area contributed by atoms with Crippen molar-refractivity contribution in [3.8, 4) is 0 Å². The number of carbonyl (C=O) groups excluding carboxylic acids is 2. The molecule has 25 heavy (non-hydrogen) atoms. The van der Waals surface area contributed by atoms with Crippen molar-refractivity contribution in [2.75, 3.05) is 26.0 Å². The first kappa shape index (κ1) is 19.0. The van der Waals surface area contributed by atoms with E-state index in [1.165, 1.54) is 0 Å². The highest BCUT2D eigenvalue weighted by atomic mass is 35.5. The molecule has 0 aliphatic carbocycles. The molecule has 0 saturated carbocycles. The maximum Gasteiger partial charge on any atom is 0.251 e. The average molecular weight is 360 g/mol. The number of hydrogen-bond donors (Lipinski definition) is 2. The number of rotatable bonds is 7. The Balaban J connectivity index is 1.83. The Labute approximate surface area is 153 Å². The van der Waals surface area contributed by atoms with Gasteiger partial charge >= 0.3 is 0 Å². The van der Waals surface area contributed by atoms with Gasteiger partial charge in [-0.05, 0) is 50.0 Å². The van der Waals surface area contributed by atoms with Crippen LogP contribution in [0.15, 0.2) is 48.5 Å². The quantitative estimate of drug-likeness (QED) is 0.798. The molecule has 0 heterocycles. The van der Waals surface area contributed by atoms with Gasteiger partial charge in [-0.25, -0.2) is 0 Å². The van der Waals surface area contributed by atoms with Crippen LogP contribution in [0.1, 0.15) is 22.3 Å². The molecule has 0 unspecified atom stereocenters. The summed E-state index contributed by atoms with van der Waals surface area (Å²) in [6, 6.07) is 14.3. The predicted molar refractivity (Wildman–Crippen MR) is 101 cm³/mol. The summed E-state index contributed by atoms with van der Waals surface area (Å²) >= 11 is 5.80. The third kappa shape index (κ3) is 6.21. The summed E-state index contributed by atoms with van der Waals surface area (Å²) in [5.41, 5.74) is 2.36. The largest absolute Gasteiger partial charge is 0.352 e. The van der Waals surface area contributed by atoms with E-state index in [2.05, 4.69) is 10.6 Å². The number of carbonyl (C=O) groups is 2. The Morgan fingerprint density at radius 2 is 1.72 bits per heavy atom. The van der Waals surface area contributed by atoms with E-state index in [-0.39, 0.29) is 24.8 Å². The van der Waals surface area contributed by atoms with E-state index < -0.39 is 0 Å². The summed E-state index contributed by atoms with van der Waals surface area (Å²) in [6.07, 6.45) is 0.204. The summed E-state index contributed by atoms with van der Waals surface area (Å²) < 4.78 is 0. The van der Waals surface area contributed by atoms with Gasteiger partial charge in [-0.15, -0.1) is 0 Å². The van der Waals surface area contributed by atoms with Crippen molar-refractivity contribution >= 4 is 29.1 Å². The molecule has 6 heteroatoms. The fourth-order valence-corrected chi connectivity index (χ4v) is 2.45. The lowest BCUT2D eigenvalue weighted by Gasteiger charge is -2.15. The van der Waals surface area contributed by atoms with E-state index in [0.29, 0.717) is 10.6 Å². The lowest BCUT2D eigenvalue weighted by molar-refractivity contribution is -0.116. The number of para-hydroxylation sites is 1. The number of amides is 2. The van der Waals surface area contributed by atoms with Gasteiger partial charge in [0.2, 0.25) is 5.91 Å². The second kappa shape index (κ2) is 9.20. The van der Waals surface area contributed by atoms with E-state index >= 15 is 0 Å². The van der Waals surface area contributed by atoms with Crippen molar-refractivity contribution in [2.45, 2.75) is 13.0 Å². The Kier molecular flexibility index (Phi) is 6.98. The van der Waals surface area contributed by atoms with Crippen molar-refractivity contribution in [3.63, 3.8) is 0 Å². The van der Waals surface area contributed by atoms with Gasteiger partial charge in [-0.2, -0.15) is 0 Å². The molecule has 0 saturated heterocycles. The van der Waals surface area contributed by atoms with E-state index in [0.717, 1.165) is 17.8 Å². The summed E-state index contributed by atoms with van der Waals surface area (Å²) in [4.78, 5) is 26.1. The van der Waals surface area contributed by atoms with Crippen molar-refractivity contribution < 1.29 is 9.59 Å². The zero-order valence-electron chi connectivity index (χ0n) is 14.4. The molecule has 0 aromatic heterocycles. The maximum atomic E-state index is 12.1. The van der Waals surface area contributed by atoms with Crippen molar-refractivity contribution in [2.24, 2.45) is 0 Å². The van der Waals surface area contributed by atoms with E-state index in [1.54, 1.807) is 24.3 Å². The molecule has 2 aromatic carbocycles. The molecule has 0 fully saturated rings. The van der Waals surface area contributed by atoms with Crippen LogP contribution in [-0.4, -0.2) is 37.4 Å². The van der Waals surface area contributed by atoms with Crippen LogP contribution in [-0.2, 0) is 11.3 Å². The molecule has 0 aliphatic heterocycles. The van der Waals surface area contributed by atoms with Crippen LogP contribution < -0.4 is 10.6 Å². The van der Waals surface area contributed by atoms with Crippen LogP contribution in [0.5, 0.6) is 0 Å². The lowest BCUT2D eigenvalue weighted by atomic mass is 10.1. The highest BCUT2D eigenvalue weighted by Gasteiger charge is 2.09. The second-order valence-electron chi connectivity index (χ2n) is 5.96. The fraction of sp³-hybridized carbons (Fsp3) is 0.263. The molecule has 0 aliphatic rings. The first-order valence-corrected chi connectivity index (χ1v) is 8.40. The smallest absolute Gasteiger partial charge is 0.251 e. The first-order chi connectivity index (χ1) is 12.0. The minimum Gasteiger partial charge on any atom is -0.352 e. The molecule has 0 radical (unpaired) electrons. The minimum atomic E-state index is -0.225. The van der Waals surface area contributed by atoms with Crippen LogP contribution in [0.3, 0.4) is 0 Å². The predicted octanol–water partition coefficient (Wildman–Crippen LogP) is 3.16. The van der Waals surface area contributed by atoms with Crippen molar-refractivity contribution in [1.29, 1.82) is 0 Å². The highest BCUT2D eigenvalue weighted by molar-refractivity contribution is 6.30. The number of nitrogens with zero attached hydrogens (tertiary/aromatic N) is 1. The molecule has 5 nitrogen and oxygen atoms in total. The van der Waals surface area contributed by atoms with E-state index in [9.17, 15) is 9.59 Å². The number of hydrogen-bond acceptors (Lipinski definition) is 3. The molecule has 2 N–H and O–H groups in total. The number of halogens is 1. The topological polar surface area (TPSA) is 61.4 Å². The van der Waals surface area contributed by atoms with Gasteiger partial charge in [-0.3, -0.25) is 9.59 Å². The Morgan fingerprint density at radius 3 is 2.40 bits per heavy atom. The van der Waals surface area contributed by atoms with Crippen LogP contribution in [0.4, 0.5) is 5.69 Å². The molecule has 2 amide bonds. The summed E-state index contributed by atoms with van der Waals surface area (Å²) in [7, 11) is 3.95. The van der Waals surface area contributed by atoms with Crippen molar-refractivity contribution in [1.82, 2.24) is 10.2 Å². The van der Waals surface area contributed by atoms with Gasteiger partial charge in [0.1, 0.15) is 0 Å². The fourth-order valence-electron chi connectivity index (χ4n) is 2.33. The number of anilines is 1. The first-order valence-electron chi connectivity index (χ1n) is 8.02. The average Bonchev–Trinajstić information content (AvgIpc) is 2.56. The van der Waals surface area contributed by atoms with Crippen LogP contribution >= 0.6 is 11.6 Å². The Bertz CT molecular complexity index is 730. The van der Waals surface area contributed by atoms with Gasteiger partial charge in [0.05, 0.1) is 0 Å². The summed E-state index contributed by atoms with van der Waals surface area (Å²) in [5, 5.41) is 6.21. The molecule has 2 rings (SSSR count). The van der Waals surface area contributed by atoms with Crippen LogP contribution in [0.25, 0.3) is 0 Å². The molecule has 0 bridgehead atoms. The molecular weight excluding hydrogens is 338 g/mol. The molecule has 0 atom stereocenters. The van der Waals surface area contributed by atoms with Gasteiger partial charge < -0.3 is 15.5 Å². The SMILES string of the molecule is CN(C)Cc1ccccc1NC(=O)CCNC(=O)c1ccc(Cl)cc1. The second-order valence-corrected chi connectivity index (χ2v) is 6.39. The van der Waals surface area contributed by atoms with Gasteiger partial charge in [0.15, 0.2) is 0 Å². The minimum absolute atomic E-state index is 0.136. The van der Waals surface area contributed by atoms with Crippen molar-refractivity contribution in [3.05, 3.63) is 64.7 Å². The highest BCUT2D eigenvalue weighted by Crippen LogP contribution is 2.16. The lowest BCUT2D eigenvalue weighted by Crippen LogP contribution is -2.27. The molecule has 132 valence electrons. The van der Waals surface area contributed by atoms with E-state index in [4.69, 9.17) is 11.6 Å². The van der Waals surface area contributed by atoms with Gasteiger partial charge in [0.25, 0.3) is 5.91 Å². The normalized spacial score (nSPS) is 10.6. The molecular formula is C19H22ClN3O2. The van der Waals surface area contributed by atoms with Crippen LogP contribution in [0, 0.1) is 0 Å². The zero-order chi connectivity index (χ0) is 18.2. The van der Waals surface area contributed by atoms with Gasteiger partial charge in [-0.1, -0.05) is 29.8 Å². The number of benzene rings is 2. The van der Waals surface area contributed by atoms with Crippen LogP contribution in [0.2, 0.25) is 5.02 Å². The molecule has 0 spiro atoms.